The van der Waals surface area contributed by atoms with Crippen molar-refractivity contribution in [2.24, 2.45) is 0 Å². The monoisotopic (exact) mass is 277 g/mol. The molecule has 3 rings (SSSR count). The first-order valence-electron chi connectivity index (χ1n) is 6.37. The molecule has 2 aromatic rings. The molecule has 0 spiro atoms. The van der Waals surface area contributed by atoms with E-state index in [-0.39, 0.29) is 5.91 Å². The fourth-order valence-corrected chi connectivity index (χ4v) is 3.22. The molecule has 0 aromatic carbocycles. The largest absolute Gasteiger partial charge is 0.459 e. The molecule has 1 aliphatic heterocycles. The van der Waals surface area contributed by atoms with Crippen LogP contribution in [0.15, 0.2) is 22.8 Å². The van der Waals surface area contributed by atoms with Crippen LogP contribution >= 0.6 is 11.3 Å². The standard InChI is InChI=1S/C13H15N3O2S/c1-9-14-15-12(19-9)10-4-2-6-16(8-10)13(17)11-5-3-7-18-11/h3,5,7,10H,2,4,6,8H2,1H3. The van der Waals surface area contributed by atoms with E-state index in [0.717, 1.165) is 29.4 Å². The van der Waals surface area contributed by atoms with Crippen molar-refractivity contribution in [2.45, 2.75) is 25.7 Å². The molecular weight excluding hydrogens is 262 g/mol. The molecule has 1 aliphatic rings. The van der Waals surface area contributed by atoms with Crippen LogP contribution in [0.25, 0.3) is 0 Å². The second-order valence-electron chi connectivity index (χ2n) is 4.73. The molecule has 1 unspecified atom stereocenters. The van der Waals surface area contributed by atoms with Crippen LogP contribution in [0.5, 0.6) is 0 Å². The Balaban J connectivity index is 1.73. The van der Waals surface area contributed by atoms with Gasteiger partial charge in [-0.25, -0.2) is 0 Å². The first kappa shape index (κ1) is 12.3. The number of carbonyl (C=O) groups excluding carboxylic acids is 1. The Labute approximate surface area is 115 Å². The van der Waals surface area contributed by atoms with Gasteiger partial charge in [-0.2, -0.15) is 0 Å². The Morgan fingerprint density at radius 1 is 1.53 bits per heavy atom. The van der Waals surface area contributed by atoms with Gasteiger partial charge in [0.1, 0.15) is 10.0 Å². The van der Waals surface area contributed by atoms with Gasteiger partial charge in [-0.05, 0) is 31.9 Å². The van der Waals surface area contributed by atoms with E-state index < -0.39 is 0 Å². The topological polar surface area (TPSA) is 59.2 Å². The van der Waals surface area contributed by atoms with Crippen molar-refractivity contribution in [1.82, 2.24) is 15.1 Å². The van der Waals surface area contributed by atoms with Crippen molar-refractivity contribution in [1.29, 1.82) is 0 Å². The van der Waals surface area contributed by atoms with Gasteiger partial charge in [0.2, 0.25) is 0 Å². The zero-order chi connectivity index (χ0) is 13.2. The molecule has 0 N–H and O–H groups in total. The van der Waals surface area contributed by atoms with Gasteiger partial charge in [0.25, 0.3) is 5.91 Å². The summed E-state index contributed by atoms with van der Waals surface area (Å²) in [6.07, 6.45) is 3.59. The van der Waals surface area contributed by atoms with E-state index in [9.17, 15) is 4.79 Å². The van der Waals surface area contributed by atoms with Gasteiger partial charge < -0.3 is 9.32 Å². The highest BCUT2D eigenvalue weighted by atomic mass is 32.1. The average Bonchev–Trinajstić information content (AvgIpc) is 3.09. The summed E-state index contributed by atoms with van der Waals surface area (Å²) >= 11 is 1.62. The number of amides is 1. The Kier molecular flexibility index (Phi) is 3.33. The van der Waals surface area contributed by atoms with Gasteiger partial charge in [-0.15, -0.1) is 21.5 Å². The molecule has 3 heterocycles. The lowest BCUT2D eigenvalue weighted by Crippen LogP contribution is -2.38. The van der Waals surface area contributed by atoms with E-state index in [1.807, 2.05) is 11.8 Å². The molecule has 19 heavy (non-hydrogen) atoms. The highest BCUT2D eigenvalue weighted by molar-refractivity contribution is 7.11. The van der Waals surface area contributed by atoms with E-state index in [1.165, 1.54) is 6.26 Å². The van der Waals surface area contributed by atoms with Crippen molar-refractivity contribution >= 4 is 17.2 Å². The highest BCUT2D eigenvalue weighted by Gasteiger charge is 2.28. The first-order valence-corrected chi connectivity index (χ1v) is 7.18. The van der Waals surface area contributed by atoms with E-state index in [0.29, 0.717) is 18.2 Å². The number of hydrogen-bond acceptors (Lipinski definition) is 5. The molecule has 0 bridgehead atoms. The molecular formula is C13H15N3O2S. The molecule has 5 nitrogen and oxygen atoms in total. The van der Waals surface area contributed by atoms with Crippen molar-refractivity contribution in [3.63, 3.8) is 0 Å². The fourth-order valence-electron chi connectivity index (χ4n) is 2.40. The van der Waals surface area contributed by atoms with E-state index in [1.54, 1.807) is 23.5 Å². The lowest BCUT2D eigenvalue weighted by molar-refractivity contribution is 0.0674. The van der Waals surface area contributed by atoms with Crippen LogP contribution < -0.4 is 0 Å². The third kappa shape index (κ3) is 2.53. The van der Waals surface area contributed by atoms with E-state index >= 15 is 0 Å². The number of rotatable bonds is 2. The lowest BCUT2D eigenvalue weighted by Gasteiger charge is -2.30. The summed E-state index contributed by atoms with van der Waals surface area (Å²) in [5.41, 5.74) is 0. The number of carbonyl (C=O) groups is 1. The highest BCUT2D eigenvalue weighted by Crippen LogP contribution is 2.29. The van der Waals surface area contributed by atoms with Crippen LogP contribution in [0, 0.1) is 6.92 Å². The van der Waals surface area contributed by atoms with Gasteiger partial charge in [0.05, 0.1) is 6.26 Å². The van der Waals surface area contributed by atoms with E-state index in [2.05, 4.69) is 10.2 Å². The van der Waals surface area contributed by atoms with Gasteiger partial charge in [0, 0.05) is 19.0 Å². The molecule has 1 amide bonds. The summed E-state index contributed by atoms with van der Waals surface area (Å²) < 4.78 is 5.18. The van der Waals surface area contributed by atoms with Crippen molar-refractivity contribution in [2.75, 3.05) is 13.1 Å². The molecule has 100 valence electrons. The maximum absolute atomic E-state index is 12.2. The number of nitrogens with zero attached hydrogens (tertiary/aromatic N) is 3. The molecule has 1 atom stereocenters. The summed E-state index contributed by atoms with van der Waals surface area (Å²) in [5, 5.41) is 10.3. The second kappa shape index (κ2) is 5.13. The van der Waals surface area contributed by atoms with Crippen molar-refractivity contribution in [3.05, 3.63) is 34.2 Å². The summed E-state index contributed by atoms with van der Waals surface area (Å²) in [6.45, 7) is 3.44. The predicted molar refractivity (Wildman–Crippen MR) is 71.2 cm³/mol. The van der Waals surface area contributed by atoms with E-state index in [4.69, 9.17) is 4.42 Å². The van der Waals surface area contributed by atoms with Crippen LogP contribution in [-0.4, -0.2) is 34.1 Å². The Morgan fingerprint density at radius 3 is 3.11 bits per heavy atom. The smallest absolute Gasteiger partial charge is 0.289 e. The Hall–Kier alpha value is -1.69. The first-order chi connectivity index (χ1) is 9.24. The summed E-state index contributed by atoms with van der Waals surface area (Å²) in [4.78, 5) is 14.1. The molecule has 2 aromatic heterocycles. The zero-order valence-corrected chi connectivity index (χ0v) is 11.5. The summed E-state index contributed by atoms with van der Waals surface area (Å²) in [7, 11) is 0. The van der Waals surface area contributed by atoms with Crippen LogP contribution in [0.1, 0.15) is 39.3 Å². The summed E-state index contributed by atoms with van der Waals surface area (Å²) in [5.74, 6) is 0.684. The minimum absolute atomic E-state index is 0.0315. The maximum Gasteiger partial charge on any atom is 0.289 e. The van der Waals surface area contributed by atoms with Gasteiger partial charge in [-0.1, -0.05) is 0 Å². The molecule has 1 saturated heterocycles. The molecule has 0 saturated carbocycles. The quantitative estimate of drug-likeness (QED) is 0.846. The van der Waals surface area contributed by atoms with Gasteiger partial charge in [0.15, 0.2) is 5.76 Å². The van der Waals surface area contributed by atoms with Crippen molar-refractivity contribution in [3.8, 4) is 0 Å². The third-order valence-corrected chi connectivity index (χ3v) is 4.33. The average molecular weight is 277 g/mol. The van der Waals surface area contributed by atoms with Gasteiger partial charge in [-0.3, -0.25) is 4.79 Å². The predicted octanol–water partition coefficient (Wildman–Crippen LogP) is 2.46. The fraction of sp³-hybridized carbons (Fsp3) is 0.462. The van der Waals surface area contributed by atoms with Crippen LogP contribution in [-0.2, 0) is 0 Å². The van der Waals surface area contributed by atoms with Crippen LogP contribution in [0.3, 0.4) is 0 Å². The van der Waals surface area contributed by atoms with Crippen molar-refractivity contribution < 1.29 is 9.21 Å². The second-order valence-corrected chi connectivity index (χ2v) is 5.94. The number of likely N-dealkylation sites (tertiary alicyclic amines) is 1. The molecule has 1 fully saturated rings. The normalized spacial score (nSPS) is 19.6. The number of aryl methyl sites for hydroxylation is 1. The number of aromatic nitrogens is 2. The number of furan rings is 1. The Morgan fingerprint density at radius 2 is 2.42 bits per heavy atom. The minimum Gasteiger partial charge on any atom is -0.459 e. The zero-order valence-electron chi connectivity index (χ0n) is 10.7. The summed E-state index contributed by atoms with van der Waals surface area (Å²) in [6, 6.07) is 3.45. The van der Waals surface area contributed by atoms with Gasteiger partial charge >= 0.3 is 0 Å². The lowest BCUT2D eigenvalue weighted by atomic mass is 9.98. The van der Waals surface area contributed by atoms with Crippen LogP contribution in [0.4, 0.5) is 0 Å². The van der Waals surface area contributed by atoms with Crippen LogP contribution in [0.2, 0.25) is 0 Å². The number of piperidine rings is 1. The Bertz CT molecular complexity index is 564. The SMILES string of the molecule is Cc1nnc(C2CCCN(C(=O)c3ccco3)C2)s1. The maximum atomic E-state index is 12.2. The number of hydrogen-bond donors (Lipinski definition) is 0. The minimum atomic E-state index is -0.0315. The molecule has 0 radical (unpaired) electrons. The molecule has 0 aliphatic carbocycles. The third-order valence-electron chi connectivity index (χ3n) is 3.33. The molecule has 6 heteroatoms.